The summed E-state index contributed by atoms with van der Waals surface area (Å²) >= 11 is 0. The molecule has 2 unspecified atom stereocenters. The summed E-state index contributed by atoms with van der Waals surface area (Å²) in [5.74, 6) is 1.62. The van der Waals surface area contributed by atoms with Crippen LogP contribution in [0.4, 0.5) is 0 Å². The van der Waals surface area contributed by atoms with Gasteiger partial charge in [-0.25, -0.2) is 0 Å². The van der Waals surface area contributed by atoms with E-state index in [4.69, 9.17) is 5.73 Å². The highest BCUT2D eigenvalue weighted by molar-refractivity contribution is 5.80. The predicted octanol–water partition coefficient (Wildman–Crippen LogP) is 1.97. The van der Waals surface area contributed by atoms with Crippen molar-refractivity contribution in [3.8, 4) is 0 Å². The first-order chi connectivity index (χ1) is 7.24. The van der Waals surface area contributed by atoms with E-state index in [1.807, 2.05) is 0 Å². The van der Waals surface area contributed by atoms with Crippen molar-refractivity contribution >= 4 is 5.96 Å². The van der Waals surface area contributed by atoms with Gasteiger partial charge in [-0.2, -0.15) is 0 Å². The highest BCUT2D eigenvalue weighted by atomic mass is 15.3. The van der Waals surface area contributed by atoms with Crippen molar-refractivity contribution in [3.63, 3.8) is 0 Å². The van der Waals surface area contributed by atoms with Crippen LogP contribution in [0.3, 0.4) is 0 Å². The normalized spacial score (nSPS) is 29.6. The van der Waals surface area contributed by atoms with Crippen molar-refractivity contribution in [2.75, 3.05) is 6.54 Å². The van der Waals surface area contributed by atoms with E-state index < -0.39 is 0 Å². The molecule has 2 aliphatic rings. The minimum absolute atomic E-state index is 0.543. The van der Waals surface area contributed by atoms with Crippen LogP contribution in [0.5, 0.6) is 0 Å². The van der Waals surface area contributed by atoms with Crippen molar-refractivity contribution in [2.45, 2.75) is 58.0 Å². The standard InChI is InChI=1S/C12H23N3/c1-3-9(2)15-11(8-14-12(15)13)10-6-4-5-7-10/h9-11H,3-8H2,1-2H3,(H2,13,14). The highest BCUT2D eigenvalue weighted by Gasteiger charge is 2.36. The van der Waals surface area contributed by atoms with Crippen molar-refractivity contribution < 1.29 is 0 Å². The lowest BCUT2D eigenvalue weighted by atomic mass is 9.96. The number of hydrogen-bond donors (Lipinski definition) is 1. The zero-order valence-electron chi connectivity index (χ0n) is 9.95. The Hall–Kier alpha value is -0.730. The van der Waals surface area contributed by atoms with Crippen LogP contribution in [0.15, 0.2) is 4.99 Å². The number of guanidine groups is 1. The Morgan fingerprint density at radius 3 is 2.73 bits per heavy atom. The second-order valence-electron chi connectivity index (χ2n) is 4.98. The van der Waals surface area contributed by atoms with Crippen LogP contribution in [0.1, 0.15) is 46.0 Å². The largest absolute Gasteiger partial charge is 0.370 e. The van der Waals surface area contributed by atoms with E-state index >= 15 is 0 Å². The number of aliphatic imine (C=N–C) groups is 1. The lowest BCUT2D eigenvalue weighted by Gasteiger charge is -2.35. The first-order valence-corrected chi connectivity index (χ1v) is 6.32. The fraction of sp³-hybridized carbons (Fsp3) is 0.917. The molecule has 1 fully saturated rings. The number of hydrogen-bond acceptors (Lipinski definition) is 3. The Morgan fingerprint density at radius 1 is 1.47 bits per heavy atom. The molecule has 0 saturated heterocycles. The minimum Gasteiger partial charge on any atom is -0.370 e. The molecule has 0 amide bonds. The van der Waals surface area contributed by atoms with Crippen LogP contribution in [0, 0.1) is 5.92 Å². The molecule has 1 aliphatic heterocycles. The van der Waals surface area contributed by atoms with Crippen molar-refractivity contribution in [3.05, 3.63) is 0 Å². The van der Waals surface area contributed by atoms with Gasteiger partial charge < -0.3 is 10.6 Å². The van der Waals surface area contributed by atoms with Gasteiger partial charge in [0.15, 0.2) is 5.96 Å². The molecule has 86 valence electrons. The first-order valence-electron chi connectivity index (χ1n) is 6.32. The summed E-state index contributed by atoms with van der Waals surface area (Å²) in [5.41, 5.74) is 5.99. The third-order valence-corrected chi connectivity index (χ3v) is 4.07. The lowest BCUT2D eigenvalue weighted by molar-refractivity contribution is 0.202. The van der Waals surface area contributed by atoms with E-state index in [-0.39, 0.29) is 0 Å². The Kier molecular flexibility index (Phi) is 3.17. The minimum atomic E-state index is 0.543. The average molecular weight is 209 g/mol. The van der Waals surface area contributed by atoms with Crippen LogP contribution >= 0.6 is 0 Å². The smallest absolute Gasteiger partial charge is 0.191 e. The Labute approximate surface area is 92.7 Å². The van der Waals surface area contributed by atoms with Crippen molar-refractivity contribution in [2.24, 2.45) is 16.6 Å². The van der Waals surface area contributed by atoms with E-state index in [1.165, 1.54) is 25.7 Å². The molecule has 0 aromatic heterocycles. The maximum atomic E-state index is 5.99. The SMILES string of the molecule is CCC(C)N1C(N)=NCC1C1CCCC1. The topological polar surface area (TPSA) is 41.6 Å². The Bertz CT molecular complexity index is 243. The third-order valence-electron chi connectivity index (χ3n) is 4.07. The van der Waals surface area contributed by atoms with Crippen molar-refractivity contribution in [1.82, 2.24) is 4.90 Å². The lowest BCUT2D eigenvalue weighted by Crippen LogP contribution is -2.48. The summed E-state index contributed by atoms with van der Waals surface area (Å²) in [6.45, 7) is 5.42. The van der Waals surface area contributed by atoms with Gasteiger partial charge in [0.1, 0.15) is 0 Å². The second-order valence-corrected chi connectivity index (χ2v) is 4.98. The molecule has 1 heterocycles. The van der Waals surface area contributed by atoms with Gasteiger partial charge in [0.2, 0.25) is 0 Å². The second kappa shape index (κ2) is 4.42. The zero-order chi connectivity index (χ0) is 10.8. The average Bonchev–Trinajstić information content (AvgIpc) is 2.85. The van der Waals surface area contributed by atoms with E-state index in [0.717, 1.165) is 24.8 Å². The molecule has 2 N–H and O–H groups in total. The Balaban J connectivity index is 2.05. The zero-order valence-corrected chi connectivity index (χ0v) is 9.95. The third kappa shape index (κ3) is 1.97. The van der Waals surface area contributed by atoms with Gasteiger partial charge in [-0.05, 0) is 32.1 Å². The van der Waals surface area contributed by atoms with Gasteiger partial charge in [-0.3, -0.25) is 4.99 Å². The molecule has 2 rings (SSSR count). The quantitative estimate of drug-likeness (QED) is 0.772. The molecular formula is C12H23N3. The molecule has 0 bridgehead atoms. The molecule has 15 heavy (non-hydrogen) atoms. The van der Waals surface area contributed by atoms with E-state index in [1.54, 1.807) is 0 Å². The summed E-state index contributed by atoms with van der Waals surface area (Å²) in [7, 11) is 0. The number of nitrogens with zero attached hydrogens (tertiary/aromatic N) is 2. The fourth-order valence-corrected chi connectivity index (χ4v) is 2.99. The van der Waals surface area contributed by atoms with E-state index in [9.17, 15) is 0 Å². The van der Waals surface area contributed by atoms with E-state index in [0.29, 0.717) is 12.1 Å². The van der Waals surface area contributed by atoms with Crippen LogP contribution in [0.25, 0.3) is 0 Å². The fourth-order valence-electron chi connectivity index (χ4n) is 2.99. The molecule has 0 radical (unpaired) electrons. The maximum absolute atomic E-state index is 5.99. The van der Waals surface area contributed by atoms with Crippen LogP contribution < -0.4 is 5.73 Å². The molecule has 2 atom stereocenters. The van der Waals surface area contributed by atoms with Crippen LogP contribution in [-0.2, 0) is 0 Å². The first kappa shape index (κ1) is 10.8. The molecule has 0 aromatic rings. The summed E-state index contributed by atoms with van der Waals surface area (Å²) in [6.07, 6.45) is 6.70. The molecule has 0 aromatic carbocycles. The maximum Gasteiger partial charge on any atom is 0.191 e. The molecule has 3 heteroatoms. The summed E-state index contributed by atoms with van der Waals surface area (Å²) in [5, 5.41) is 0. The summed E-state index contributed by atoms with van der Waals surface area (Å²) < 4.78 is 0. The van der Waals surface area contributed by atoms with Crippen molar-refractivity contribution in [1.29, 1.82) is 0 Å². The highest BCUT2D eigenvalue weighted by Crippen LogP contribution is 2.33. The summed E-state index contributed by atoms with van der Waals surface area (Å²) in [4.78, 5) is 6.80. The van der Waals surface area contributed by atoms with Crippen LogP contribution in [-0.4, -0.2) is 29.5 Å². The van der Waals surface area contributed by atoms with Gasteiger partial charge in [0, 0.05) is 6.04 Å². The molecule has 3 nitrogen and oxygen atoms in total. The molecule has 1 aliphatic carbocycles. The molecular weight excluding hydrogens is 186 g/mol. The van der Waals surface area contributed by atoms with Gasteiger partial charge in [-0.1, -0.05) is 19.8 Å². The number of nitrogens with two attached hydrogens (primary N) is 1. The van der Waals surface area contributed by atoms with Gasteiger partial charge in [0.05, 0.1) is 12.6 Å². The predicted molar refractivity (Wildman–Crippen MR) is 63.8 cm³/mol. The summed E-state index contributed by atoms with van der Waals surface area (Å²) in [6, 6.07) is 1.14. The van der Waals surface area contributed by atoms with E-state index in [2.05, 4.69) is 23.7 Å². The molecule has 1 saturated carbocycles. The van der Waals surface area contributed by atoms with Gasteiger partial charge in [0.25, 0.3) is 0 Å². The number of rotatable bonds is 3. The molecule has 0 spiro atoms. The monoisotopic (exact) mass is 209 g/mol. The van der Waals surface area contributed by atoms with Gasteiger partial charge >= 0.3 is 0 Å². The van der Waals surface area contributed by atoms with Gasteiger partial charge in [-0.15, -0.1) is 0 Å². The Morgan fingerprint density at radius 2 is 2.13 bits per heavy atom. The van der Waals surface area contributed by atoms with Crippen LogP contribution in [0.2, 0.25) is 0 Å².